The summed E-state index contributed by atoms with van der Waals surface area (Å²) in [6.07, 6.45) is 0. The summed E-state index contributed by atoms with van der Waals surface area (Å²) in [5.74, 6) is -0.999. The molecule has 0 fully saturated rings. The van der Waals surface area contributed by atoms with E-state index in [0.717, 1.165) is 0 Å². The van der Waals surface area contributed by atoms with E-state index >= 15 is 0 Å². The lowest BCUT2D eigenvalue weighted by molar-refractivity contribution is -0.145. The zero-order valence-electron chi connectivity index (χ0n) is 10.1. The van der Waals surface area contributed by atoms with Gasteiger partial charge < -0.3 is 14.6 Å². The Morgan fingerprint density at radius 1 is 1.42 bits per heavy atom. The summed E-state index contributed by atoms with van der Waals surface area (Å²) < 4.78 is 9.79. The van der Waals surface area contributed by atoms with E-state index in [4.69, 9.17) is 16.3 Å². The highest BCUT2D eigenvalue weighted by atomic mass is 79.9. The van der Waals surface area contributed by atoms with E-state index in [1.807, 2.05) is 0 Å². The van der Waals surface area contributed by atoms with E-state index in [-0.39, 0.29) is 46.4 Å². The monoisotopic (exact) mass is 350 g/mol. The van der Waals surface area contributed by atoms with Crippen molar-refractivity contribution in [2.75, 3.05) is 18.5 Å². The number of halogens is 2. The van der Waals surface area contributed by atoms with E-state index in [2.05, 4.69) is 20.7 Å². The third-order valence-electron chi connectivity index (χ3n) is 2.12. The van der Waals surface area contributed by atoms with Crippen molar-refractivity contribution in [2.45, 2.75) is 6.92 Å². The predicted octanol–water partition coefficient (Wildman–Crippen LogP) is 2.57. The van der Waals surface area contributed by atoms with Gasteiger partial charge in [0.15, 0.2) is 12.4 Å². The lowest BCUT2D eigenvalue weighted by atomic mass is 10.1. The minimum atomic E-state index is -0.543. The molecule has 0 aliphatic rings. The number of alkyl halides is 1. The summed E-state index contributed by atoms with van der Waals surface area (Å²) >= 11 is 8.91. The number of phenolic OH excluding ortho intramolecular Hbond substituents is 1. The van der Waals surface area contributed by atoms with Crippen LogP contribution in [0.3, 0.4) is 0 Å². The zero-order chi connectivity index (χ0) is 14.4. The first-order chi connectivity index (χ1) is 8.99. The molecule has 0 spiro atoms. The van der Waals surface area contributed by atoms with Gasteiger partial charge in [-0.15, -0.1) is 0 Å². The van der Waals surface area contributed by atoms with Crippen LogP contribution in [0, 0.1) is 0 Å². The molecule has 0 aliphatic heterocycles. The average molecular weight is 352 g/mol. The molecule has 0 saturated carbocycles. The van der Waals surface area contributed by atoms with Crippen LogP contribution >= 0.6 is 27.5 Å². The molecule has 1 aromatic rings. The van der Waals surface area contributed by atoms with Gasteiger partial charge in [-0.1, -0.05) is 27.5 Å². The van der Waals surface area contributed by atoms with Gasteiger partial charge in [0, 0.05) is 6.07 Å². The number of ether oxygens (including phenoxy) is 2. The summed E-state index contributed by atoms with van der Waals surface area (Å²) in [7, 11) is 0. The minimum Gasteiger partial charge on any atom is -0.507 e. The molecule has 0 radical (unpaired) electrons. The molecule has 7 heteroatoms. The van der Waals surface area contributed by atoms with Crippen LogP contribution in [0.15, 0.2) is 12.1 Å². The molecule has 104 valence electrons. The smallest absolute Gasteiger partial charge is 0.344 e. The lowest BCUT2D eigenvalue weighted by Crippen LogP contribution is -2.14. The molecular weight excluding hydrogens is 339 g/mol. The molecule has 0 unspecified atom stereocenters. The maximum absolute atomic E-state index is 11.5. The highest BCUT2D eigenvalue weighted by Crippen LogP contribution is 2.32. The molecule has 1 N–H and O–H groups in total. The zero-order valence-corrected chi connectivity index (χ0v) is 12.5. The Hall–Kier alpha value is -1.27. The van der Waals surface area contributed by atoms with Gasteiger partial charge >= 0.3 is 5.97 Å². The third-order valence-corrected chi connectivity index (χ3v) is 2.93. The highest BCUT2D eigenvalue weighted by molar-refractivity contribution is 9.09. The molecule has 0 atom stereocenters. The number of hydrogen-bond acceptors (Lipinski definition) is 5. The van der Waals surface area contributed by atoms with Crippen LogP contribution in [0.4, 0.5) is 0 Å². The maximum atomic E-state index is 11.5. The van der Waals surface area contributed by atoms with Gasteiger partial charge in [0.25, 0.3) is 0 Å². The van der Waals surface area contributed by atoms with Crippen molar-refractivity contribution in [1.29, 1.82) is 0 Å². The SMILES string of the molecule is CCOC(=O)COc1cc(O)c(C(=O)CBr)cc1Cl. The molecule has 0 amide bonds. The molecule has 0 bridgehead atoms. The fourth-order valence-corrected chi connectivity index (χ4v) is 1.81. The third kappa shape index (κ3) is 4.40. The Labute approximate surface area is 123 Å². The summed E-state index contributed by atoms with van der Waals surface area (Å²) in [4.78, 5) is 22.6. The van der Waals surface area contributed by atoms with Gasteiger partial charge in [-0.3, -0.25) is 4.79 Å². The first kappa shape index (κ1) is 15.8. The Kier molecular flexibility index (Phi) is 6.11. The van der Waals surface area contributed by atoms with Crippen LogP contribution in [0.5, 0.6) is 11.5 Å². The lowest BCUT2D eigenvalue weighted by Gasteiger charge is -2.10. The second-order valence-corrected chi connectivity index (χ2v) is 4.42. The first-order valence-electron chi connectivity index (χ1n) is 5.39. The van der Waals surface area contributed by atoms with E-state index in [1.54, 1.807) is 6.92 Å². The number of esters is 1. The number of rotatable bonds is 6. The molecular formula is C12H12BrClO5. The number of ketones is 1. The van der Waals surface area contributed by atoms with E-state index in [1.165, 1.54) is 12.1 Å². The standard InChI is InChI=1S/C12H12BrClO5/c1-2-18-12(17)6-19-11-4-9(15)7(3-8(11)14)10(16)5-13/h3-4,15H,2,5-6H2,1H3. The van der Waals surface area contributed by atoms with Gasteiger partial charge in [-0.2, -0.15) is 0 Å². The number of phenols is 1. The Bertz CT molecular complexity index is 489. The van der Waals surface area contributed by atoms with E-state index in [0.29, 0.717) is 0 Å². The molecule has 0 aromatic heterocycles. The molecule has 1 aromatic carbocycles. The maximum Gasteiger partial charge on any atom is 0.344 e. The van der Waals surface area contributed by atoms with Crippen LogP contribution in [-0.4, -0.2) is 35.4 Å². The Balaban J connectivity index is 2.84. The summed E-state index contributed by atoms with van der Waals surface area (Å²) in [5, 5.41) is 9.89. The van der Waals surface area contributed by atoms with Crippen LogP contribution in [-0.2, 0) is 9.53 Å². The van der Waals surface area contributed by atoms with Gasteiger partial charge in [-0.25, -0.2) is 4.79 Å². The van der Waals surface area contributed by atoms with Crippen molar-refractivity contribution < 1.29 is 24.2 Å². The average Bonchev–Trinajstić information content (AvgIpc) is 2.38. The van der Waals surface area contributed by atoms with Gasteiger partial charge in [0.1, 0.15) is 11.5 Å². The van der Waals surface area contributed by atoms with Crippen molar-refractivity contribution in [3.8, 4) is 11.5 Å². The van der Waals surface area contributed by atoms with Crippen LogP contribution in [0.1, 0.15) is 17.3 Å². The van der Waals surface area contributed by atoms with Crippen LogP contribution < -0.4 is 4.74 Å². The topological polar surface area (TPSA) is 72.8 Å². The molecule has 1 rings (SSSR count). The molecule has 0 saturated heterocycles. The number of carbonyl (C=O) groups excluding carboxylic acids is 2. The fourth-order valence-electron chi connectivity index (χ4n) is 1.29. The molecule has 0 heterocycles. The number of hydrogen-bond donors (Lipinski definition) is 1. The van der Waals surface area contributed by atoms with Crippen LogP contribution in [0.25, 0.3) is 0 Å². The normalized spacial score (nSPS) is 10.1. The largest absolute Gasteiger partial charge is 0.507 e. The molecule has 0 aliphatic carbocycles. The van der Waals surface area contributed by atoms with Crippen molar-refractivity contribution in [1.82, 2.24) is 0 Å². The summed E-state index contributed by atoms with van der Waals surface area (Å²) in [6.45, 7) is 1.61. The predicted molar refractivity (Wildman–Crippen MR) is 73.4 cm³/mol. The van der Waals surface area contributed by atoms with Crippen molar-refractivity contribution in [2.24, 2.45) is 0 Å². The number of Topliss-reactive ketones (excluding diaryl/α,β-unsaturated/α-hetero) is 1. The Morgan fingerprint density at radius 3 is 2.68 bits per heavy atom. The number of carbonyl (C=O) groups is 2. The van der Waals surface area contributed by atoms with Gasteiger partial charge in [0.05, 0.1) is 22.5 Å². The number of benzene rings is 1. The quantitative estimate of drug-likeness (QED) is 0.484. The first-order valence-corrected chi connectivity index (χ1v) is 6.89. The van der Waals surface area contributed by atoms with Crippen molar-refractivity contribution in [3.05, 3.63) is 22.7 Å². The van der Waals surface area contributed by atoms with Gasteiger partial charge in [0.2, 0.25) is 0 Å². The van der Waals surface area contributed by atoms with Crippen molar-refractivity contribution in [3.63, 3.8) is 0 Å². The second kappa shape index (κ2) is 7.35. The number of aromatic hydroxyl groups is 1. The highest BCUT2D eigenvalue weighted by Gasteiger charge is 2.15. The van der Waals surface area contributed by atoms with E-state index < -0.39 is 5.97 Å². The minimum absolute atomic E-state index is 0.0694. The van der Waals surface area contributed by atoms with E-state index in [9.17, 15) is 14.7 Å². The molecule has 5 nitrogen and oxygen atoms in total. The summed E-state index contributed by atoms with van der Waals surface area (Å²) in [5.41, 5.74) is 0.0883. The van der Waals surface area contributed by atoms with Crippen molar-refractivity contribution >= 4 is 39.3 Å². The molecule has 19 heavy (non-hydrogen) atoms. The Morgan fingerprint density at radius 2 is 2.11 bits per heavy atom. The fraction of sp³-hybridized carbons (Fsp3) is 0.333. The second-order valence-electron chi connectivity index (χ2n) is 3.45. The van der Waals surface area contributed by atoms with Crippen LogP contribution in [0.2, 0.25) is 5.02 Å². The van der Waals surface area contributed by atoms with Gasteiger partial charge in [-0.05, 0) is 13.0 Å². The summed E-state index contributed by atoms with van der Waals surface area (Å²) in [6, 6.07) is 2.48.